The van der Waals surface area contributed by atoms with E-state index in [1.165, 1.54) is 6.07 Å². The average molecular weight is 554 g/mol. The third kappa shape index (κ3) is 7.02. The van der Waals surface area contributed by atoms with Gasteiger partial charge in [0, 0.05) is 31.9 Å². The molecule has 0 aliphatic carbocycles. The Bertz CT molecular complexity index is 809. The first kappa shape index (κ1) is 24.7. The normalized spacial score (nSPS) is 14.9. The number of morpholine rings is 1. The minimum absolute atomic E-state index is 0. The van der Waals surface area contributed by atoms with Crippen LogP contribution in [0.15, 0.2) is 40.0 Å². The highest BCUT2D eigenvalue weighted by Gasteiger charge is 2.34. The fraction of sp³-hybridized carbons (Fsp3) is 0.450. The predicted octanol–water partition coefficient (Wildman–Crippen LogP) is 4.48. The monoisotopic (exact) mass is 554 g/mol. The third-order valence-corrected chi connectivity index (χ3v) is 5.30. The maximum absolute atomic E-state index is 13.7. The topological polar surface area (TPSA) is 48.9 Å². The third-order valence-electron chi connectivity index (χ3n) is 4.57. The fourth-order valence-electron chi connectivity index (χ4n) is 3.07. The number of alkyl halides is 3. The highest BCUT2D eigenvalue weighted by molar-refractivity contribution is 14.0. The first-order valence-electron chi connectivity index (χ1n) is 9.53. The molecule has 1 fully saturated rings. The van der Waals surface area contributed by atoms with Crippen LogP contribution in [0.3, 0.4) is 0 Å². The Hall–Kier alpha value is -1.53. The van der Waals surface area contributed by atoms with Gasteiger partial charge in [-0.15, -0.1) is 24.0 Å². The van der Waals surface area contributed by atoms with Gasteiger partial charge in [-0.1, -0.05) is 6.07 Å². The van der Waals surface area contributed by atoms with Crippen molar-refractivity contribution in [2.24, 2.45) is 4.99 Å². The number of halogens is 4. The lowest BCUT2D eigenvalue weighted by Crippen LogP contribution is -2.37. The zero-order chi connectivity index (χ0) is 20.7. The summed E-state index contributed by atoms with van der Waals surface area (Å²) in [7, 11) is 0. The Labute approximate surface area is 195 Å². The lowest BCUT2D eigenvalue weighted by molar-refractivity contribution is -0.138. The first-order valence-corrected chi connectivity index (χ1v) is 10.5. The van der Waals surface area contributed by atoms with Crippen molar-refractivity contribution in [1.29, 1.82) is 0 Å². The Morgan fingerprint density at radius 2 is 1.97 bits per heavy atom. The summed E-state index contributed by atoms with van der Waals surface area (Å²) >= 11 is 1.59. The number of nitrogens with one attached hydrogen (secondary N) is 2. The molecule has 1 aromatic heterocycles. The van der Waals surface area contributed by atoms with E-state index < -0.39 is 11.7 Å². The molecule has 1 aliphatic heterocycles. The quantitative estimate of drug-likeness (QED) is 0.314. The summed E-state index contributed by atoms with van der Waals surface area (Å²) in [6.45, 7) is 5.28. The highest BCUT2D eigenvalue weighted by atomic mass is 127. The van der Waals surface area contributed by atoms with Gasteiger partial charge in [-0.2, -0.15) is 24.5 Å². The Morgan fingerprint density at radius 3 is 2.60 bits per heavy atom. The number of benzene rings is 1. The van der Waals surface area contributed by atoms with Gasteiger partial charge in [-0.05, 0) is 47.0 Å². The van der Waals surface area contributed by atoms with Crippen LogP contribution in [0.25, 0.3) is 0 Å². The van der Waals surface area contributed by atoms with E-state index in [9.17, 15) is 13.2 Å². The van der Waals surface area contributed by atoms with E-state index in [4.69, 9.17) is 4.74 Å². The standard InChI is InChI=1S/C20H25F3N4OS.HI/c1-2-24-19(25-12-15-5-10-29-14-15)26-13-16-3-4-17(11-18(16)20(21,22)23)27-6-8-28-9-7-27;/h3-5,10-11,14H,2,6-9,12-13H2,1H3,(H2,24,25,26);1H. The van der Waals surface area contributed by atoms with E-state index in [1.807, 2.05) is 28.7 Å². The SMILES string of the molecule is CCNC(=NCc1ccsc1)NCc1ccc(N2CCOCC2)cc1C(F)(F)F.I. The zero-order valence-corrected chi connectivity index (χ0v) is 19.8. The molecule has 1 saturated heterocycles. The molecule has 2 aromatic rings. The molecular weight excluding hydrogens is 528 g/mol. The number of ether oxygens (including phenoxy) is 1. The highest BCUT2D eigenvalue weighted by Crippen LogP contribution is 2.35. The summed E-state index contributed by atoms with van der Waals surface area (Å²) < 4.78 is 46.3. The maximum atomic E-state index is 13.7. The zero-order valence-electron chi connectivity index (χ0n) is 16.7. The van der Waals surface area contributed by atoms with E-state index in [2.05, 4.69) is 15.6 Å². The van der Waals surface area contributed by atoms with Crippen molar-refractivity contribution in [2.75, 3.05) is 37.7 Å². The molecule has 2 N–H and O–H groups in total. The molecule has 5 nitrogen and oxygen atoms in total. The van der Waals surface area contributed by atoms with Gasteiger partial charge in [0.05, 0.1) is 25.3 Å². The summed E-state index contributed by atoms with van der Waals surface area (Å²) in [6.07, 6.45) is -4.43. The maximum Gasteiger partial charge on any atom is 0.416 e. The molecular formula is C20H26F3IN4OS. The minimum Gasteiger partial charge on any atom is -0.378 e. The molecule has 0 bridgehead atoms. The van der Waals surface area contributed by atoms with Gasteiger partial charge in [-0.25, -0.2) is 4.99 Å². The summed E-state index contributed by atoms with van der Waals surface area (Å²) in [5, 5.41) is 10.1. The van der Waals surface area contributed by atoms with Crippen molar-refractivity contribution in [3.05, 3.63) is 51.7 Å². The van der Waals surface area contributed by atoms with Crippen molar-refractivity contribution >= 4 is 47.0 Å². The number of guanidine groups is 1. The van der Waals surface area contributed by atoms with Gasteiger partial charge in [0.25, 0.3) is 0 Å². The van der Waals surface area contributed by atoms with Crippen LogP contribution >= 0.6 is 35.3 Å². The van der Waals surface area contributed by atoms with Crippen LogP contribution < -0.4 is 15.5 Å². The van der Waals surface area contributed by atoms with Gasteiger partial charge in [0.15, 0.2) is 5.96 Å². The Morgan fingerprint density at radius 1 is 1.20 bits per heavy atom. The van der Waals surface area contributed by atoms with Crippen LogP contribution in [0.4, 0.5) is 18.9 Å². The molecule has 0 atom stereocenters. The van der Waals surface area contributed by atoms with E-state index in [-0.39, 0.29) is 36.1 Å². The van der Waals surface area contributed by atoms with Crippen molar-refractivity contribution in [2.45, 2.75) is 26.2 Å². The van der Waals surface area contributed by atoms with Crippen LogP contribution in [0, 0.1) is 0 Å². The number of aliphatic imine (C=N–C) groups is 1. The molecule has 0 saturated carbocycles. The molecule has 2 heterocycles. The van der Waals surface area contributed by atoms with Crippen molar-refractivity contribution < 1.29 is 17.9 Å². The van der Waals surface area contributed by atoms with Crippen LogP contribution in [-0.2, 0) is 24.0 Å². The van der Waals surface area contributed by atoms with Gasteiger partial charge in [0.1, 0.15) is 0 Å². The first-order chi connectivity index (χ1) is 14.0. The summed E-state index contributed by atoms with van der Waals surface area (Å²) in [4.78, 5) is 6.37. The molecule has 166 valence electrons. The van der Waals surface area contributed by atoms with Crippen molar-refractivity contribution in [1.82, 2.24) is 10.6 Å². The van der Waals surface area contributed by atoms with Crippen LogP contribution in [-0.4, -0.2) is 38.8 Å². The molecule has 0 unspecified atom stereocenters. The molecule has 30 heavy (non-hydrogen) atoms. The second-order valence-electron chi connectivity index (χ2n) is 6.62. The number of hydrogen-bond acceptors (Lipinski definition) is 4. The second-order valence-corrected chi connectivity index (χ2v) is 7.40. The lowest BCUT2D eigenvalue weighted by atomic mass is 10.0. The summed E-state index contributed by atoms with van der Waals surface area (Å²) in [5.74, 6) is 0.490. The number of hydrogen-bond donors (Lipinski definition) is 2. The van der Waals surface area contributed by atoms with Gasteiger partial charge >= 0.3 is 6.18 Å². The summed E-state index contributed by atoms with van der Waals surface area (Å²) in [5.41, 5.74) is 1.21. The number of rotatable bonds is 6. The largest absolute Gasteiger partial charge is 0.416 e. The number of anilines is 1. The van der Waals surface area contributed by atoms with E-state index in [0.717, 1.165) is 5.56 Å². The minimum atomic E-state index is -4.43. The van der Waals surface area contributed by atoms with Crippen LogP contribution in [0.5, 0.6) is 0 Å². The predicted molar refractivity (Wildman–Crippen MR) is 126 cm³/mol. The molecule has 1 aliphatic rings. The smallest absolute Gasteiger partial charge is 0.378 e. The molecule has 0 spiro atoms. The second kappa shape index (κ2) is 11.8. The Balaban J connectivity index is 0.00000320. The van der Waals surface area contributed by atoms with E-state index in [1.54, 1.807) is 23.5 Å². The number of thiophene rings is 1. The van der Waals surface area contributed by atoms with Gasteiger partial charge in [0.2, 0.25) is 0 Å². The Kier molecular flexibility index (Phi) is 9.69. The van der Waals surface area contributed by atoms with Crippen LogP contribution in [0.2, 0.25) is 0 Å². The molecule has 0 amide bonds. The molecule has 10 heteroatoms. The van der Waals surface area contributed by atoms with Crippen LogP contribution in [0.1, 0.15) is 23.6 Å². The van der Waals surface area contributed by atoms with Gasteiger partial charge < -0.3 is 20.3 Å². The van der Waals surface area contributed by atoms with Crippen molar-refractivity contribution in [3.8, 4) is 0 Å². The van der Waals surface area contributed by atoms with Crippen molar-refractivity contribution in [3.63, 3.8) is 0 Å². The summed E-state index contributed by atoms with van der Waals surface area (Å²) in [6, 6.07) is 6.50. The average Bonchev–Trinajstić information content (AvgIpc) is 3.23. The van der Waals surface area contributed by atoms with E-state index in [0.29, 0.717) is 51.0 Å². The molecule has 3 rings (SSSR count). The molecule has 1 aromatic carbocycles. The number of nitrogens with zero attached hydrogens (tertiary/aromatic N) is 2. The lowest BCUT2D eigenvalue weighted by Gasteiger charge is -2.29. The van der Waals surface area contributed by atoms with Gasteiger partial charge in [-0.3, -0.25) is 0 Å². The van der Waals surface area contributed by atoms with E-state index >= 15 is 0 Å². The molecule has 0 radical (unpaired) electrons. The fourth-order valence-corrected chi connectivity index (χ4v) is 3.73.